The largest absolute Gasteiger partial charge is 0.478 e. The minimum absolute atomic E-state index is 0.0343. The number of aliphatic carboxylic acids is 1. The number of hydrogen-bond acceptors (Lipinski definition) is 8. The van der Waals surface area contributed by atoms with Crippen LogP contribution in [0.25, 0.3) is 0 Å². The molecule has 148 valence electrons. The number of ether oxygens (including phenoxy) is 3. The summed E-state index contributed by atoms with van der Waals surface area (Å²) in [4.78, 5) is 46.5. The van der Waals surface area contributed by atoms with Gasteiger partial charge in [-0.15, -0.1) is 0 Å². The number of rotatable bonds is 9. The second kappa shape index (κ2) is 10.3. The number of carbonyl (C=O) groups is 4. The van der Waals surface area contributed by atoms with E-state index in [1.807, 2.05) is 13.8 Å². The molecule has 0 fully saturated rings. The second-order valence-corrected chi connectivity index (χ2v) is 6.06. The van der Waals surface area contributed by atoms with Crippen LogP contribution in [-0.4, -0.2) is 52.9 Å². The van der Waals surface area contributed by atoms with Crippen LogP contribution < -0.4 is 0 Å². The molecule has 9 nitrogen and oxygen atoms in total. The van der Waals surface area contributed by atoms with Gasteiger partial charge in [0.25, 0.3) is 0 Å². The minimum atomic E-state index is -2.32. The number of aliphatic hydroxyl groups excluding tert-OH is 1. The fraction of sp³-hybridized carbons (Fsp3) is 0.444. The third-order valence-corrected chi connectivity index (χ3v) is 3.17. The van der Waals surface area contributed by atoms with Crippen LogP contribution in [-0.2, 0) is 33.4 Å². The summed E-state index contributed by atoms with van der Waals surface area (Å²) in [6.07, 6.45) is -6.01. The van der Waals surface area contributed by atoms with Gasteiger partial charge in [-0.05, 0) is 5.92 Å². The van der Waals surface area contributed by atoms with Gasteiger partial charge in [0.05, 0.1) is 6.61 Å². The summed E-state index contributed by atoms with van der Waals surface area (Å²) in [6, 6.07) is 7.88. The van der Waals surface area contributed by atoms with Crippen molar-refractivity contribution in [1.29, 1.82) is 0 Å². The van der Waals surface area contributed by atoms with Crippen LogP contribution in [0.4, 0.5) is 0 Å². The highest BCUT2D eigenvalue weighted by Gasteiger charge is 2.39. The van der Waals surface area contributed by atoms with Crippen molar-refractivity contribution in [3.63, 3.8) is 0 Å². The number of esters is 3. The Hall–Kier alpha value is -2.94. The van der Waals surface area contributed by atoms with E-state index in [0.29, 0.717) is 0 Å². The van der Waals surface area contributed by atoms with Crippen molar-refractivity contribution in [2.75, 3.05) is 6.61 Å². The molecule has 0 aliphatic heterocycles. The number of carboxylic acids is 1. The predicted molar refractivity (Wildman–Crippen MR) is 90.3 cm³/mol. The van der Waals surface area contributed by atoms with Gasteiger partial charge in [-0.25, -0.2) is 14.4 Å². The van der Waals surface area contributed by atoms with Gasteiger partial charge in [0.15, 0.2) is 6.10 Å². The highest BCUT2D eigenvalue weighted by Crippen LogP contribution is 2.21. The molecule has 0 spiro atoms. The summed E-state index contributed by atoms with van der Waals surface area (Å²) in [7, 11) is 0. The molecule has 0 aliphatic rings. The Bertz CT molecular complexity index is 669. The average molecular weight is 382 g/mol. The normalized spacial score (nSPS) is 14.0. The fourth-order valence-corrected chi connectivity index (χ4v) is 1.94. The Morgan fingerprint density at radius 3 is 2.07 bits per heavy atom. The van der Waals surface area contributed by atoms with Crippen LogP contribution in [0, 0.1) is 5.92 Å². The first-order valence-electron chi connectivity index (χ1n) is 8.13. The van der Waals surface area contributed by atoms with Gasteiger partial charge in [-0.2, -0.15) is 0 Å². The highest BCUT2D eigenvalue weighted by atomic mass is 16.6. The van der Waals surface area contributed by atoms with Crippen molar-refractivity contribution >= 4 is 23.9 Å². The molecule has 0 unspecified atom stereocenters. The Morgan fingerprint density at radius 2 is 1.59 bits per heavy atom. The molecule has 2 N–H and O–H groups in total. The van der Waals surface area contributed by atoms with E-state index in [2.05, 4.69) is 4.74 Å². The summed E-state index contributed by atoms with van der Waals surface area (Å²) in [5, 5.41) is 18.9. The number of carbonyl (C=O) groups excluding carboxylic acids is 3. The molecule has 0 bridgehead atoms. The zero-order chi connectivity index (χ0) is 20.6. The topological polar surface area (TPSA) is 136 Å². The standard InChI is InChI=1S/C18H22O9/c1-10(2)9-25-18(24)14(12-7-5-4-6-8-12)27-17(23)13(20)15(16(21)22)26-11(3)19/h4-8,10,13-15,20H,9H2,1-3H3,(H,21,22)/t13-,14-,15-/m1/s1. The molecule has 1 aromatic rings. The van der Waals surface area contributed by atoms with Crippen LogP contribution in [0.1, 0.15) is 32.4 Å². The molecule has 0 aliphatic carbocycles. The smallest absolute Gasteiger partial charge is 0.352 e. The molecule has 0 heterocycles. The summed E-state index contributed by atoms with van der Waals surface area (Å²) in [6.45, 7) is 4.63. The van der Waals surface area contributed by atoms with Gasteiger partial charge in [0.1, 0.15) is 0 Å². The number of carboxylic acid groups (broad SMARTS) is 1. The number of benzene rings is 1. The average Bonchev–Trinajstić information content (AvgIpc) is 2.61. The maximum absolute atomic E-state index is 12.3. The van der Waals surface area contributed by atoms with E-state index < -0.39 is 42.2 Å². The highest BCUT2D eigenvalue weighted by molar-refractivity contribution is 5.88. The summed E-state index contributed by atoms with van der Waals surface area (Å²) >= 11 is 0. The first kappa shape index (κ1) is 22.1. The maximum atomic E-state index is 12.3. The maximum Gasteiger partial charge on any atom is 0.352 e. The van der Waals surface area contributed by atoms with Gasteiger partial charge in [-0.1, -0.05) is 44.2 Å². The lowest BCUT2D eigenvalue weighted by molar-refractivity contribution is -0.186. The third kappa shape index (κ3) is 7.06. The SMILES string of the molecule is CC(=O)O[C@@H](C(=O)O)[C@@H](O)C(=O)O[C@@H](C(=O)OCC(C)C)c1ccccc1. The summed E-state index contributed by atoms with van der Waals surface area (Å²) in [5.74, 6) is -5.04. The monoisotopic (exact) mass is 382 g/mol. The predicted octanol–water partition coefficient (Wildman–Crippen LogP) is 0.847. The molecule has 0 amide bonds. The molecule has 27 heavy (non-hydrogen) atoms. The Balaban J connectivity index is 2.99. The molecule has 0 saturated carbocycles. The summed E-state index contributed by atoms with van der Waals surface area (Å²) < 4.78 is 14.5. The molecular formula is C18H22O9. The van der Waals surface area contributed by atoms with Crippen molar-refractivity contribution in [2.24, 2.45) is 5.92 Å². The third-order valence-electron chi connectivity index (χ3n) is 3.17. The van der Waals surface area contributed by atoms with Gasteiger partial charge in [-0.3, -0.25) is 4.79 Å². The molecule has 9 heteroatoms. The van der Waals surface area contributed by atoms with E-state index in [4.69, 9.17) is 14.6 Å². The molecule has 0 radical (unpaired) electrons. The second-order valence-electron chi connectivity index (χ2n) is 6.06. The first-order chi connectivity index (χ1) is 12.6. The molecule has 0 aromatic heterocycles. The number of hydrogen-bond donors (Lipinski definition) is 2. The van der Waals surface area contributed by atoms with E-state index in [0.717, 1.165) is 6.92 Å². The van der Waals surface area contributed by atoms with Crippen molar-refractivity contribution in [3.8, 4) is 0 Å². The zero-order valence-electron chi connectivity index (χ0n) is 15.2. The van der Waals surface area contributed by atoms with E-state index >= 15 is 0 Å². The van der Waals surface area contributed by atoms with Crippen LogP contribution in [0.2, 0.25) is 0 Å². The lowest BCUT2D eigenvalue weighted by Gasteiger charge is -2.22. The van der Waals surface area contributed by atoms with E-state index in [1.54, 1.807) is 18.2 Å². The Morgan fingerprint density at radius 1 is 1.00 bits per heavy atom. The lowest BCUT2D eigenvalue weighted by Crippen LogP contribution is -2.44. The van der Waals surface area contributed by atoms with Crippen molar-refractivity contribution in [2.45, 2.75) is 39.1 Å². The van der Waals surface area contributed by atoms with Crippen molar-refractivity contribution < 1.29 is 43.6 Å². The van der Waals surface area contributed by atoms with E-state index in [9.17, 15) is 24.3 Å². The van der Waals surface area contributed by atoms with Gasteiger partial charge in [0, 0.05) is 12.5 Å². The van der Waals surface area contributed by atoms with Crippen LogP contribution in [0.3, 0.4) is 0 Å². The Kier molecular flexibility index (Phi) is 8.40. The molecular weight excluding hydrogens is 360 g/mol. The fourth-order valence-electron chi connectivity index (χ4n) is 1.94. The summed E-state index contributed by atoms with van der Waals surface area (Å²) in [5.41, 5.74) is 0.270. The van der Waals surface area contributed by atoms with Crippen LogP contribution in [0.15, 0.2) is 30.3 Å². The quantitative estimate of drug-likeness (QED) is 0.470. The van der Waals surface area contributed by atoms with E-state index in [-0.39, 0.29) is 18.1 Å². The molecule has 1 aromatic carbocycles. The van der Waals surface area contributed by atoms with Crippen molar-refractivity contribution in [1.82, 2.24) is 0 Å². The molecule has 1 rings (SSSR count). The lowest BCUT2D eigenvalue weighted by atomic mass is 10.1. The molecule has 3 atom stereocenters. The first-order valence-corrected chi connectivity index (χ1v) is 8.13. The number of aliphatic hydroxyl groups is 1. The van der Waals surface area contributed by atoms with Crippen molar-refractivity contribution in [3.05, 3.63) is 35.9 Å². The van der Waals surface area contributed by atoms with Gasteiger partial charge in [0.2, 0.25) is 12.2 Å². The zero-order valence-corrected chi connectivity index (χ0v) is 15.2. The van der Waals surface area contributed by atoms with Crippen LogP contribution >= 0.6 is 0 Å². The van der Waals surface area contributed by atoms with Crippen LogP contribution in [0.5, 0.6) is 0 Å². The molecule has 0 saturated heterocycles. The minimum Gasteiger partial charge on any atom is -0.478 e. The Labute approximate surface area is 155 Å². The van der Waals surface area contributed by atoms with E-state index in [1.165, 1.54) is 12.1 Å². The van der Waals surface area contributed by atoms with Gasteiger partial charge >= 0.3 is 23.9 Å². The van der Waals surface area contributed by atoms with Gasteiger partial charge < -0.3 is 24.4 Å².